The zero-order valence-electron chi connectivity index (χ0n) is 13.7. The van der Waals surface area contributed by atoms with E-state index in [0.717, 1.165) is 38.5 Å². The van der Waals surface area contributed by atoms with Crippen molar-refractivity contribution in [2.45, 2.75) is 51.6 Å². The second-order valence-corrected chi connectivity index (χ2v) is 5.76. The summed E-state index contributed by atoms with van der Waals surface area (Å²) in [5.74, 6) is -0.452. The minimum Gasteiger partial charge on any atom is -0.462 e. The molecule has 0 radical (unpaired) electrons. The van der Waals surface area contributed by atoms with Gasteiger partial charge in [-0.05, 0) is 43.5 Å². The van der Waals surface area contributed by atoms with Crippen LogP contribution in [0, 0.1) is 0 Å². The van der Waals surface area contributed by atoms with E-state index < -0.39 is 0 Å². The Morgan fingerprint density at radius 2 is 2.00 bits per heavy atom. The Balaban J connectivity index is 1.77. The molecule has 1 aromatic rings. The number of benzene rings is 1. The number of carbonyl (C=O) groups is 2. The van der Waals surface area contributed by atoms with E-state index in [9.17, 15) is 9.59 Å². The number of unbranched alkanes of at least 4 members (excludes halogenated alkanes) is 3. The number of amides is 1. The number of nitrogens with one attached hydrogen (secondary N) is 1. The molecule has 0 saturated carbocycles. The summed E-state index contributed by atoms with van der Waals surface area (Å²) in [4.78, 5) is 23.8. The highest BCUT2D eigenvalue weighted by atomic mass is 16.5. The molecule has 1 atom stereocenters. The Kier molecular flexibility index (Phi) is 7.07. The Morgan fingerprint density at radius 1 is 1.22 bits per heavy atom. The predicted molar refractivity (Wildman–Crippen MR) is 88.5 cm³/mol. The highest BCUT2D eigenvalue weighted by Crippen LogP contribution is 2.16. The summed E-state index contributed by atoms with van der Waals surface area (Å²) in [5.41, 5.74) is 1.15. The molecule has 0 bridgehead atoms. The minimum atomic E-state index is -0.359. The lowest BCUT2D eigenvalue weighted by Gasteiger charge is -2.10. The van der Waals surface area contributed by atoms with E-state index >= 15 is 0 Å². The van der Waals surface area contributed by atoms with Gasteiger partial charge in [0.15, 0.2) is 0 Å². The molecule has 1 heterocycles. The summed E-state index contributed by atoms with van der Waals surface area (Å²) in [5, 5.41) is 2.80. The monoisotopic (exact) mass is 319 g/mol. The molecule has 0 spiro atoms. The standard InChI is InChI=1S/C18H25NO4/c1-2-3-4-5-12-23-18(21)14-8-10-15(11-9-14)19-17(20)16-7-6-13-22-16/h8-11,16H,2-7,12-13H2,1H3,(H,19,20). The average Bonchev–Trinajstić information content (AvgIpc) is 3.10. The molecule has 1 amide bonds. The van der Waals surface area contributed by atoms with Gasteiger partial charge in [0.2, 0.25) is 0 Å². The number of esters is 1. The van der Waals surface area contributed by atoms with Gasteiger partial charge in [0.05, 0.1) is 12.2 Å². The van der Waals surface area contributed by atoms with E-state index in [2.05, 4.69) is 12.2 Å². The van der Waals surface area contributed by atoms with Crippen molar-refractivity contribution in [3.8, 4) is 0 Å². The molecule has 0 aliphatic carbocycles. The number of anilines is 1. The molecule has 1 aliphatic heterocycles. The lowest BCUT2D eigenvalue weighted by Crippen LogP contribution is -2.26. The van der Waals surface area contributed by atoms with Gasteiger partial charge >= 0.3 is 5.97 Å². The maximum Gasteiger partial charge on any atom is 0.338 e. The summed E-state index contributed by atoms with van der Waals surface area (Å²) in [6, 6.07) is 6.75. The quantitative estimate of drug-likeness (QED) is 0.588. The van der Waals surface area contributed by atoms with Crippen molar-refractivity contribution >= 4 is 17.6 Å². The van der Waals surface area contributed by atoms with Crippen molar-refractivity contribution in [3.05, 3.63) is 29.8 Å². The zero-order valence-corrected chi connectivity index (χ0v) is 13.7. The SMILES string of the molecule is CCCCCCOC(=O)c1ccc(NC(=O)C2CCCO2)cc1. The third-order valence-corrected chi connectivity index (χ3v) is 3.84. The van der Waals surface area contributed by atoms with Crippen LogP contribution in [-0.2, 0) is 14.3 Å². The average molecular weight is 319 g/mol. The van der Waals surface area contributed by atoms with E-state index in [4.69, 9.17) is 9.47 Å². The number of carbonyl (C=O) groups excluding carboxylic acids is 2. The number of rotatable bonds is 8. The van der Waals surface area contributed by atoms with Gasteiger partial charge in [-0.15, -0.1) is 0 Å². The molecule has 0 aromatic heterocycles. The van der Waals surface area contributed by atoms with Gasteiger partial charge in [-0.2, -0.15) is 0 Å². The van der Waals surface area contributed by atoms with Crippen molar-refractivity contribution in [1.29, 1.82) is 0 Å². The highest BCUT2D eigenvalue weighted by molar-refractivity contribution is 5.95. The first kappa shape index (κ1) is 17.5. The summed E-state index contributed by atoms with van der Waals surface area (Å²) in [6.45, 7) is 3.24. The van der Waals surface area contributed by atoms with Gasteiger partial charge in [-0.25, -0.2) is 4.79 Å². The molecular formula is C18H25NO4. The first-order chi connectivity index (χ1) is 11.2. The van der Waals surface area contributed by atoms with Crippen LogP contribution in [0.3, 0.4) is 0 Å². The van der Waals surface area contributed by atoms with Crippen LogP contribution >= 0.6 is 0 Å². The summed E-state index contributed by atoms with van der Waals surface area (Å²) < 4.78 is 10.6. The van der Waals surface area contributed by atoms with Gasteiger partial charge < -0.3 is 14.8 Å². The zero-order chi connectivity index (χ0) is 16.5. The minimum absolute atomic E-state index is 0.131. The van der Waals surface area contributed by atoms with Crippen LogP contribution in [0.4, 0.5) is 5.69 Å². The van der Waals surface area contributed by atoms with Crippen LogP contribution in [0.15, 0.2) is 24.3 Å². The van der Waals surface area contributed by atoms with Gasteiger partial charge in [-0.3, -0.25) is 4.79 Å². The van der Waals surface area contributed by atoms with Gasteiger partial charge in [0, 0.05) is 12.3 Å². The third-order valence-electron chi connectivity index (χ3n) is 3.84. The number of ether oxygens (including phenoxy) is 2. The molecule has 1 aliphatic rings. The summed E-state index contributed by atoms with van der Waals surface area (Å²) in [7, 11) is 0. The molecule has 1 unspecified atom stereocenters. The fourth-order valence-electron chi connectivity index (χ4n) is 2.47. The molecule has 126 valence electrons. The largest absolute Gasteiger partial charge is 0.462 e. The fraction of sp³-hybridized carbons (Fsp3) is 0.556. The predicted octanol–water partition coefficient (Wildman–Crippen LogP) is 3.54. The molecule has 1 N–H and O–H groups in total. The second-order valence-electron chi connectivity index (χ2n) is 5.76. The van der Waals surface area contributed by atoms with E-state index in [1.54, 1.807) is 24.3 Å². The first-order valence-electron chi connectivity index (χ1n) is 8.40. The molecule has 23 heavy (non-hydrogen) atoms. The van der Waals surface area contributed by atoms with Crippen molar-refractivity contribution in [1.82, 2.24) is 0 Å². The van der Waals surface area contributed by atoms with E-state index in [1.165, 1.54) is 0 Å². The van der Waals surface area contributed by atoms with E-state index in [1.807, 2.05) is 0 Å². The molecule has 5 nitrogen and oxygen atoms in total. The van der Waals surface area contributed by atoms with Gasteiger partial charge in [-0.1, -0.05) is 26.2 Å². The van der Waals surface area contributed by atoms with Crippen LogP contribution in [-0.4, -0.2) is 31.2 Å². The Bertz CT molecular complexity index is 506. The molecule has 2 rings (SSSR count). The Hall–Kier alpha value is -1.88. The molecular weight excluding hydrogens is 294 g/mol. The van der Waals surface area contributed by atoms with Gasteiger partial charge in [0.25, 0.3) is 5.91 Å². The summed E-state index contributed by atoms with van der Waals surface area (Å²) in [6.07, 6.45) is 5.62. The van der Waals surface area contributed by atoms with Crippen LogP contribution in [0.25, 0.3) is 0 Å². The Morgan fingerprint density at radius 3 is 2.65 bits per heavy atom. The van der Waals surface area contributed by atoms with E-state index in [0.29, 0.717) is 24.5 Å². The first-order valence-corrected chi connectivity index (χ1v) is 8.40. The molecule has 1 aromatic carbocycles. The highest BCUT2D eigenvalue weighted by Gasteiger charge is 2.23. The fourth-order valence-corrected chi connectivity index (χ4v) is 2.47. The molecule has 5 heteroatoms. The molecule has 1 fully saturated rings. The van der Waals surface area contributed by atoms with Crippen LogP contribution in [0.2, 0.25) is 0 Å². The normalized spacial score (nSPS) is 17.0. The van der Waals surface area contributed by atoms with E-state index in [-0.39, 0.29) is 18.0 Å². The van der Waals surface area contributed by atoms with Gasteiger partial charge in [0.1, 0.15) is 6.10 Å². The topological polar surface area (TPSA) is 64.6 Å². The molecule has 1 saturated heterocycles. The maximum atomic E-state index is 11.9. The van der Waals surface area contributed by atoms with Crippen LogP contribution in [0.1, 0.15) is 55.8 Å². The lowest BCUT2D eigenvalue weighted by atomic mass is 10.2. The third kappa shape index (κ3) is 5.67. The second kappa shape index (κ2) is 9.30. The Labute approximate surface area is 137 Å². The number of hydrogen-bond acceptors (Lipinski definition) is 4. The summed E-state index contributed by atoms with van der Waals surface area (Å²) >= 11 is 0. The lowest BCUT2D eigenvalue weighted by molar-refractivity contribution is -0.124. The smallest absolute Gasteiger partial charge is 0.338 e. The maximum absolute atomic E-state index is 11.9. The van der Waals surface area contributed by atoms with Crippen LogP contribution < -0.4 is 5.32 Å². The van der Waals surface area contributed by atoms with Crippen molar-refractivity contribution in [2.24, 2.45) is 0 Å². The van der Waals surface area contributed by atoms with Crippen LogP contribution in [0.5, 0.6) is 0 Å². The van der Waals surface area contributed by atoms with Crippen molar-refractivity contribution in [2.75, 3.05) is 18.5 Å². The number of hydrogen-bond donors (Lipinski definition) is 1. The van der Waals surface area contributed by atoms with Crippen molar-refractivity contribution in [3.63, 3.8) is 0 Å². The van der Waals surface area contributed by atoms with Crippen molar-refractivity contribution < 1.29 is 19.1 Å².